The van der Waals surface area contributed by atoms with Gasteiger partial charge in [-0.05, 0) is 45.8 Å². The Morgan fingerprint density at radius 2 is 1.96 bits per heavy atom. The van der Waals surface area contributed by atoms with Gasteiger partial charge in [-0.3, -0.25) is 4.57 Å². The lowest BCUT2D eigenvalue weighted by atomic mass is 10.0. The molecular formula is C16H12BrClFN3O. The van der Waals surface area contributed by atoms with Crippen molar-refractivity contribution in [3.05, 3.63) is 68.5 Å². The molecule has 0 aliphatic heterocycles. The predicted molar refractivity (Wildman–Crippen MR) is 93.5 cm³/mol. The molecule has 0 spiro atoms. The molecule has 0 radical (unpaired) electrons. The summed E-state index contributed by atoms with van der Waals surface area (Å²) in [5, 5.41) is 0.371. The molecule has 23 heavy (non-hydrogen) atoms. The van der Waals surface area contributed by atoms with E-state index in [0.29, 0.717) is 32.0 Å². The summed E-state index contributed by atoms with van der Waals surface area (Å²) in [4.78, 5) is 12.0. The van der Waals surface area contributed by atoms with E-state index in [2.05, 4.69) is 15.9 Å². The van der Waals surface area contributed by atoms with Gasteiger partial charge >= 0.3 is 5.69 Å². The van der Waals surface area contributed by atoms with Crippen molar-refractivity contribution in [2.24, 2.45) is 7.05 Å². The zero-order chi connectivity index (χ0) is 16.7. The van der Waals surface area contributed by atoms with Crippen LogP contribution in [0.25, 0.3) is 16.8 Å². The Kier molecular flexibility index (Phi) is 4.04. The molecule has 1 heterocycles. The first-order chi connectivity index (χ1) is 10.9. The van der Waals surface area contributed by atoms with Crippen molar-refractivity contribution in [3.8, 4) is 16.8 Å². The van der Waals surface area contributed by atoms with Crippen LogP contribution < -0.4 is 11.4 Å². The van der Waals surface area contributed by atoms with Crippen molar-refractivity contribution >= 4 is 33.2 Å². The molecule has 0 bridgehead atoms. The maximum Gasteiger partial charge on any atom is 0.332 e. The van der Waals surface area contributed by atoms with Crippen LogP contribution in [0.1, 0.15) is 0 Å². The number of hydrogen-bond donors (Lipinski definition) is 1. The highest BCUT2D eigenvalue weighted by Gasteiger charge is 2.12. The van der Waals surface area contributed by atoms with Crippen LogP contribution in [0.3, 0.4) is 0 Å². The van der Waals surface area contributed by atoms with Crippen LogP contribution in [0.5, 0.6) is 0 Å². The molecule has 3 aromatic rings. The van der Waals surface area contributed by atoms with Crippen molar-refractivity contribution in [2.45, 2.75) is 0 Å². The predicted octanol–water partition coefficient (Wildman–Crippen LogP) is 3.98. The van der Waals surface area contributed by atoms with E-state index in [1.54, 1.807) is 37.6 Å². The monoisotopic (exact) mass is 395 g/mol. The van der Waals surface area contributed by atoms with Gasteiger partial charge in [0.2, 0.25) is 0 Å². The fourth-order valence-corrected chi connectivity index (χ4v) is 3.04. The van der Waals surface area contributed by atoms with Crippen LogP contribution in [0.4, 0.5) is 10.1 Å². The van der Waals surface area contributed by atoms with E-state index < -0.39 is 5.82 Å². The van der Waals surface area contributed by atoms with E-state index in [9.17, 15) is 9.18 Å². The van der Waals surface area contributed by atoms with Crippen molar-refractivity contribution in [2.75, 3.05) is 5.73 Å². The first kappa shape index (κ1) is 15.8. The number of nitrogens with two attached hydrogens (primary N) is 1. The highest BCUT2D eigenvalue weighted by Crippen LogP contribution is 2.35. The number of nitrogens with zero attached hydrogens (tertiary/aromatic N) is 2. The Hall–Kier alpha value is -2.05. The minimum absolute atomic E-state index is 0.201. The number of hydrogen-bond acceptors (Lipinski definition) is 2. The number of imidazole rings is 1. The van der Waals surface area contributed by atoms with Gasteiger partial charge in [-0.15, -0.1) is 0 Å². The first-order valence-electron chi connectivity index (χ1n) is 6.67. The first-order valence-corrected chi connectivity index (χ1v) is 7.84. The Morgan fingerprint density at radius 3 is 2.57 bits per heavy atom. The summed E-state index contributed by atoms with van der Waals surface area (Å²) in [7, 11) is 1.66. The molecule has 1 aromatic heterocycles. The summed E-state index contributed by atoms with van der Waals surface area (Å²) in [6, 6.07) is 7.77. The Bertz CT molecular complexity index is 964. The van der Waals surface area contributed by atoms with Gasteiger partial charge < -0.3 is 10.3 Å². The van der Waals surface area contributed by atoms with Gasteiger partial charge in [-0.2, -0.15) is 0 Å². The molecule has 0 saturated heterocycles. The smallest absolute Gasteiger partial charge is 0.332 e. The van der Waals surface area contributed by atoms with Gasteiger partial charge in [0.25, 0.3) is 0 Å². The number of rotatable bonds is 2. The Balaban J connectivity index is 2.14. The number of benzene rings is 2. The normalized spacial score (nSPS) is 11.0. The van der Waals surface area contributed by atoms with E-state index in [4.69, 9.17) is 17.3 Å². The molecule has 0 amide bonds. The van der Waals surface area contributed by atoms with Crippen molar-refractivity contribution in [3.63, 3.8) is 0 Å². The van der Waals surface area contributed by atoms with Gasteiger partial charge in [0.15, 0.2) is 0 Å². The fourth-order valence-electron chi connectivity index (χ4n) is 2.34. The van der Waals surface area contributed by atoms with Crippen LogP contribution in [0, 0.1) is 5.82 Å². The minimum atomic E-state index is -0.402. The molecule has 4 nitrogen and oxygen atoms in total. The molecule has 7 heteroatoms. The number of aryl methyl sites for hydroxylation is 1. The zero-order valence-corrected chi connectivity index (χ0v) is 14.4. The fraction of sp³-hybridized carbons (Fsp3) is 0.0625. The van der Waals surface area contributed by atoms with Gasteiger partial charge in [0.05, 0.1) is 16.4 Å². The third-order valence-corrected chi connectivity index (χ3v) is 4.52. The number of halogens is 3. The van der Waals surface area contributed by atoms with Crippen molar-refractivity contribution in [1.29, 1.82) is 0 Å². The van der Waals surface area contributed by atoms with Crippen molar-refractivity contribution < 1.29 is 4.39 Å². The second kappa shape index (κ2) is 5.86. The molecule has 0 aliphatic rings. The van der Waals surface area contributed by atoms with Gasteiger partial charge in [0, 0.05) is 29.5 Å². The molecule has 0 unspecified atom stereocenters. The number of anilines is 1. The second-order valence-electron chi connectivity index (χ2n) is 5.08. The van der Waals surface area contributed by atoms with Crippen LogP contribution in [0.2, 0.25) is 5.02 Å². The SMILES string of the molecule is Cn1ccn(-c2ccc(-c3cc(F)cc(Br)c3N)cc2Cl)c1=O. The Morgan fingerprint density at radius 1 is 1.22 bits per heavy atom. The summed E-state index contributed by atoms with van der Waals surface area (Å²) >= 11 is 9.54. The third-order valence-electron chi connectivity index (χ3n) is 3.56. The van der Waals surface area contributed by atoms with E-state index >= 15 is 0 Å². The summed E-state index contributed by atoms with van der Waals surface area (Å²) in [5.74, 6) is -0.402. The minimum Gasteiger partial charge on any atom is -0.397 e. The van der Waals surface area contributed by atoms with E-state index in [1.807, 2.05) is 0 Å². The molecule has 118 valence electrons. The lowest BCUT2D eigenvalue weighted by Gasteiger charge is -2.11. The molecular weight excluding hydrogens is 385 g/mol. The standard InChI is InChI=1S/C16H12BrClFN3O/c1-21-4-5-22(16(21)23)14-3-2-9(6-13(14)18)11-7-10(19)8-12(17)15(11)20/h2-8H,20H2,1H3. The number of nitrogen functional groups attached to an aromatic ring is 1. The summed E-state index contributed by atoms with van der Waals surface area (Å²) in [5.41, 5.74) is 7.97. The Labute approximate surface area is 145 Å². The summed E-state index contributed by atoms with van der Waals surface area (Å²) in [6.07, 6.45) is 3.28. The van der Waals surface area contributed by atoms with Crippen LogP contribution in [-0.2, 0) is 7.05 Å². The average molecular weight is 397 g/mol. The highest BCUT2D eigenvalue weighted by atomic mass is 79.9. The van der Waals surface area contributed by atoms with E-state index in [-0.39, 0.29) is 5.69 Å². The maximum absolute atomic E-state index is 13.6. The third kappa shape index (κ3) is 2.80. The zero-order valence-electron chi connectivity index (χ0n) is 12.1. The van der Waals surface area contributed by atoms with Gasteiger partial charge in [-0.1, -0.05) is 17.7 Å². The molecule has 0 fully saturated rings. The van der Waals surface area contributed by atoms with E-state index in [1.165, 1.54) is 21.3 Å². The molecule has 0 atom stereocenters. The summed E-state index contributed by atoms with van der Waals surface area (Å²) < 4.78 is 17.0. The summed E-state index contributed by atoms with van der Waals surface area (Å²) in [6.45, 7) is 0. The molecule has 2 N–H and O–H groups in total. The largest absolute Gasteiger partial charge is 0.397 e. The van der Waals surface area contributed by atoms with Gasteiger partial charge in [0.1, 0.15) is 5.82 Å². The second-order valence-corrected chi connectivity index (χ2v) is 6.34. The lowest BCUT2D eigenvalue weighted by molar-refractivity contribution is 0.627. The molecule has 0 saturated carbocycles. The quantitative estimate of drug-likeness (QED) is 0.666. The molecule has 3 rings (SSSR count). The lowest BCUT2D eigenvalue weighted by Crippen LogP contribution is -2.20. The van der Waals surface area contributed by atoms with E-state index in [0.717, 1.165) is 0 Å². The van der Waals surface area contributed by atoms with Crippen LogP contribution in [0.15, 0.2) is 52.0 Å². The van der Waals surface area contributed by atoms with Crippen LogP contribution in [-0.4, -0.2) is 9.13 Å². The van der Waals surface area contributed by atoms with Crippen LogP contribution >= 0.6 is 27.5 Å². The highest BCUT2D eigenvalue weighted by molar-refractivity contribution is 9.10. The average Bonchev–Trinajstić information content (AvgIpc) is 2.83. The topological polar surface area (TPSA) is 52.9 Å². The number of aromatic nitrogens is 2. The molecule has 2 aromatic carbocycles. The molecule has 0 aliphatic carbocycles. The van der Waals surface area contributed by atoms with Crippen molar-refractivity contribution in [1.82, 2.24) is 9.13 Å². The van der Waals surface area contributed by atoms with Gasteiger partial charge in [-0.25, -0.2) is 9.18 Å². The maximum atomic E-state index is 13.6.